The molecule has 2 spiro atoms. The van der Waals surface area contributed by atoms with Crippen molar-refractivity contribution in [2.45, 2.75) is 81.6 Å². The van der Waals surface area contributed by atoms with Gasteiger partial charge in [0.25, 0.3) is 0 Å². The van der Waals surface area contributed by atoms with Gasteiger partial charge in [-0.15, -0.1) is 0 Å². The first-order valence-electron chi connectivity index (χ1n) is 9.87. The van der Waals surface area contributed by atoms with Crippen LogP contribution < -0.4 is 0 Å². The standard InChI is InChI=1S/C20H26O6/c1-9(2)18(23)7-14-20(26-14)17(3)5-4-10-11(8-24-15(10)21)12(17)6-13-19(20,25-13)16(18)22/h9,12-14,16,22-23H,4-8H2,1-3H3/t12?,13-,14-,16?,17-,18+,19+,20+/m0/s1. The molecule has 142 valence electrons. The molecule has 6 aliphatic rings. The zero-order valence-corrected chi connectivity index (χ0v) is 15.4. The van der Waals surface area contributed by atoms with Gasteiger partial charge < -0.3 is 24.4 Å². The summed E-state index contributed by atoms with van der Waals surface area (Å²) in [6.07, 6.45) is 1.54. The molecule has 8 atom stereocenters. The number of epoxide rings is 2. The summed E-state index contributed by atoms with van der Waals surface area (Å²) in [6, 6.07) is 0. The Hall–Kier alpha value is -0.950. The molecular weight excluding hydrogens is 336 g/mol. The monoisotopic (exact) mass is 362 g/mol. The zero-order valence-electron chi connectivity index (χ0n) is 15.4. The molecule has 3 heterocycles. The third-order valence-electron chi connectivity index (χ3n) is 8.83. The number of rotatable bonds is 1. The lowest BCUT2D eigenvalue weighted by atomic mass is 9.46. The van der Waals surface area contributed by atoms with E-state index < -0.39 is 22.9 Å². The van der Waals surface area contributed by atoms with E-state index in [2.05, 4.69) is 6.92 Å². The minimum Gasteiger partial charge on any atom is -0.458 e. The maximum Gasteiger partial charge on any atom is 0.334 e. The molecule has 2 N–H and O–H groups in total. The van der Waals surface area contributed by atoms with Crippen LogP contribution in [-0.2, 0) is 19.0 Å². The fourth-order valence-corrected chi connectivity index (χ4v) is 7.22. The first-order valence-corrected chi connectivity index (χ1v) is 9.87. The summed E-state index contributed by atoms with van der Waals surface area (Å²) in [4.78, 5) is 12.0. The van der Waals surface area contributed by atoms with Crippen molar-refractivity contribution >= 4 is 5.97 Å². The second-order valence-corrected chi connectivity index (χ2v) is 9.78. The van der Waals surface area contributed by atoms with Gasteiger partial charge in [-0.05, 0) is 36.7 Å². The lowest BCUT2D eigenvalue weighted by Crippen LogP contribution is -2.71. The summed E-state index contributed by atoms with van der Waals surface area (Å²) in [5.74, 6) is -0.0639. The molecule has 0 radical (unpaired) electrons. The number of hydrogen-bond acceptors (Lipinski definition) is 6. The molecule has 2 unspecified atom stereocenters. The SMILES string of the molecule is CC(C)[C@]1(O)C[C@@H]2O[C@@]23[C@@]2(C)CCC4=C(COC4=O)C2C[C@@H]2O[C@@]23C1O. The average Bonchev–Trinajstić information content (AvgIpc) is 3.46. The van der Waals surface area contributed by atoms with Crippen LogP contribution in [0.15, 0.2) is 11.1 Å². The largest absolute Gasteiger partial charge is 0.458 e. The lowest BCUT2D eigenvalue weighted by Gasteiger charge is -2.55. The first-order chi connectivity index (χ1) is 12.2. The van der Waals surface area contributed by atoms with Crippen molar-refractivity contribution in [2.24, 2.45) is 17.3 Å². The second kappa shape index (κ2) is 4.22. The molecule has 6 nitrogen and oxygen atoms in total. The van der Waals surface area contributed by atoms with Gasteiger partial charge in [-0.2, -0.15) is 0 Å². The number of carbonyl (C=O) groups is 1. The van der Waals surface area contributed by atoms with Crippen molar-refractivity contribution in [3.8, 4) is 0 Å². The van der Waals surface area contributed by atoms with E-state index in [0.29, 0.717) is 19.4 Å². The number of esters is 1. The van der Waals surface area contributed by atoms with E-state index in [0.717, 1.165) is 24.0 Å². The molecule has 6 rings (SSSR count). The van der Waals surface area contributed by atoms with Crippen LogP contribution in [0.2, 0.25) is 0 Å². The van der Waals surface area contributed by atoms with E-state index in [1.54, 1.807) is 0 Å². The van der Waals surface area contributed by atoms with Crippen molar-refractivity contribution in [3.63, 3.8) is 0 Å². The summed E-state index contributed by atoms with van der Waals surface area (Å²) in [5.41, 5.74) is -0.787. The maximum absolute atomic E-state index is 12.0. The van der Waals surface area contributed by atoms with Crippen LogP contribution in [0.25, 0.3) is 0 Å². The van der Waals surface area contributed by atoms with Gasteiger partial charge in [0.05, 0.1) is 17.8 Å². The third kappa shape index (κ3) is 1.35. The van der Waals surface area contributed by atoms with Crippen molar-refractivity contribution in [1.82, 2.24) is 0 Å². The number of cyclic esters (lactones) is 1. The molecule has 0 aromatic carbocycles. The predicted octanol–water partition coefficient (Wildman–Crippen LogP) is 1.09. The van der Waals surface area contributed by atoms with Crippen LogP contribution in [0.1, 0.15) is 46.5 Å². The first kappa shape index (κ1) is 16.0. The topological polar surface area (TPSA) is 91.8 Å². The van der Waals surface area contributed by atoms with Gasteiger partial charge in [0, 0.05) is 17.4 Å². The molecule has 3 aliphatic heterocycles. The molecule has 4 fully saturated rings. The molecule has 26 heavy (non-hydrogen) atoms. The number of fused-ring (bicyclic) bond motifs is 2. The Kier molecular flexibility index (Phi) is 2.60. The van der Waals surface area contributed by atoms with E-state index in [-0.39, 0.29) is 35.4 Å². The Balaban J connectivity index is 1.48. The normalized spacial score (nSPS) is 59.1. The van der Waals surface area contributed by atoms with E-state index >= 15 is 0 Å². The third-order valence-corrected chi connectivity index (χ3v) is 8.83. The van der Waals surface area contributed by atoms with Gasteiger partial charge in [-0.1, -0.05) is 20.8 Å². The highest BCUT2D eigenvalue weighted by atomic mass is 16.7. The number of ether oxygens (including phenoxy) is 3. The minimum absolute atomic E-state index is 0.0778. The number of carbonyl (C=O) groups excluding carboxylic acids is 1. The van der Waals surface area contributed by atoms with Gasteiger partial charge >= 0.3 is 5.97 Å². The quantitative estimate of drug-likeness (QED) is 0.536. The van der Waals surface area contributed by atoms with Crippen molar-refractivity contribution < 1.29 is 29.2 Å². The molecule has 2 saturated heterocycles. The second-order valence-electron chi connectivity index (χ2n) is 9.78. The molecule has 0 amide bonds. The van der Waals surface area contributed by atoms with Crippen LogP contribution in [0, 0.1) is 17.3 Å². The minimum atomic E-state index is -1.19. The maximum atomic E-state index is 12.0. The number of aliphatic hydroxyl groups excluding tert-OH is 1. The highest BCUT2D eigenvalue weighted by Gasteiger charge is 2.94. The van der Waals surface area contributed by atoms with Crippen LogP contribution in [-0.4, -0.2) is 57.9 Å². The number of hydrogen-bond donors (Lipinski definition) is 2. The van der Waals surface area contributed by atoms with E-state index in [1.165, 1.54) is 0 Å². The predicted molar refractivity (Wildman–Crippen MR) is 89.1 cm³/mol. The van der Waals surface area contributed by atoms with Crippen molar-refractivity contribution in [2.75, 3.05) is 6.61 Å². The lowest BCUT2D eigenvalue weighted by molar-refractivity contribution is -0.179. The van der Waals surface area contributed by atoms with Crippen molar-refractivity contribution in [1.29, 1.82) is 0 Å². The van der Waals surface area contributed by atoms with Gasteiger partial charge in [0.1, 0.15) is 18.3 Å². The summed E-state index contributed by atoms with van der Waals surface area (Å²) >= 11 is 0. The van der Waals surface area contributed by atoms with E-state index in [4.69, 9.17) is 14.2 Å². The van der Waals surface area contributed by atoms with Crippen molar-refractivity contribution in [3.05, 3.63) is 11.1 Å². The molecular formula is C20H26O6. The van der Waals surface area contributed by atoms with Gasteiger partial charge in [-0.3, -0.25) is 0 Å². The Bertz CT molecular complexity index is 774. The van der Waals surface area contributed by atoms with Gasteiger partial charge in [0.2, 0.25) is 0 Å². The highest BCUT2D eigenvalue weighted by molar-refractivity contribution is 5.92. The molecule has 2 saturated carbocycles. The van der Waals surface area contributed by atoms with Gasteiger partial charge in [0.15, 0.2) is 5.60 Å². The van der Waals surface area contributed by atoms with Crippen LogP contribution in [0.4, 0.5) is 0 Å². The Morgan fingerprint density at radius 3 is 2.73 bits per heavy atom. The molecule has 3 aliphatic carbocycles. The summed E-state index contributed by atoms with van der Waals surface area (Å²) in [5, 5.41) is 22.5. The Morgan fingerprint density at radius 1 is 1.23 bits per heavy atom. The molecule has 6 heteroatoms. The van der Waals surface area contributed by atoms with Crippen LogP contribution in [0.3, 0.4) is 0 Å². The van der Waals surface area contributed by atoms with Gasteiger partial charge in [-0.25, -0.2) is 4.79 Å². The van der Waals surface area contributed by atoms with E-state index in [9.17, 15) is 15.0 Å². The fraction of sp³-hybridized carbons (Fsp3) is 0.850. The summed E-state index contributed by atoms with van der Waals surface area (Å²) < 4.78 is 17.9. The average molecular weight is 362 g/mol. The highest BCUT2D eigenvalue weighted by Crippen LogP contribution is 2.79. The van der Waals surface area contributed by atoms with Crippen LogP contribution >= 0.6 is 0 Å². The molecule has 0 aromatic heterocycles. The zero-order chi connectivity index (χ0) is 18.3. The Morgan fingerprint density at radius 2 is 2.00 bits per heavy atom. The summed E-state index contributed by atoms with van der Waals surface area (Å²) in [7, 11) is 0. The summed E-state index contributed by atoms with van der Waals surface area (Å²) in [6.45, 7) is 6.50. The molecule has 0 bridgehead atoms. The number of aliphatic hydroxyl groups is 2. The van der Waals surface area contributed by atoms with E-state index in [1.807, 2.05) is 13.8 Å². The Labute approximate surface area is 152 Å². The fourth-order valence-electron chi connectivity index (χ4n) is 7.22. The smallest absolute Gasteiger partial charge is 0.334 e. The molecule has 0 aromatic rings. The van der Waals surface area contributed by atoms with Crippen LogP contribution in [0.5, 0.6) is 0 Å².